The third-order valence-corrected chi connectivity index (χ3v) is 6.89. The van der Waals surface area contributed by atoms with E-state index < -0.39 is 14.9 Å². The normalized spacial score (nSPS) is 16.1. The van der Waals surface area contributed by atoms with Crippen molar-refractivity contribution in [3.8, 4) is 0 Å². The van der Waals surface area contributed by atoms with Crippen LogP contribution in [0.2, 0.25) is 0 Å². The van der Waals surface area contributed by atoms with Crippen molar-refractivity contribution >= 4 is 21.4 Å². The third kappa shape index (κ3) is 4.32. The molecule has 150 valence electrons. The van der Waals surface area contributed by atoms with Crippen molar-refractivity contribution < 1.29 is 13.3 Å². The van der Waals surface area contributed by atoms with E-state index in [1.54, 1.807) is 0 Å². The first-order valence-electron chi connectivity index (χ1n) is 9.04. The van der Waals surface area contributed by atoms with E-state index in [4.69, 9.17) is 0 Å². The molecular weight excluding hydrogens is 380 g/mol. The van der Waals surface area contributed by atoms with Gasteiger partial charge in [0.15, 0.2) is 0 Å². The summed E-state index contributed by atoms with van der Waals surface area (Å²) in [5.41, 5.74) is 2.15. The van der Waals surface area contributed by atoms with Crippen molar-refractivity contribution in [2.45, 2.75) is 18.4 Å². The Balaban J connectivity index is 1.85. The van der Waals surface area contributed by atoms with Crippen LogP contribution in [0.3, 0.4) is 0 Å². The Morgan fingerprint density at radius 2 is 1.79 bits per heavy atom. The van der Waals surface area contributed by atoms with Crippen LogP contribution in [0.4, 0.5) is 11.4 Å². The van der Waals surface area contributed by atoms with E-state index in [1.807, 2.05) is 43.1 Å². The molecule has 1 fully saturated rings. The van der Waals surface area contributed by atoms with Crippen LogP contribution in [-0.4, -0.2) is 55.8 Å². The number of piperazine rings is 1. The highest BCUT2D eigenvalue weighted by molar-refractivity contribution is 7.89. The lowest BCUT2D eigenvalue weighted by Gasteiger charge is -2.31. The maximum Gasteiger partial charge on any atom is 0.293 e. The van der Waals surface area contributed by atoms with Crippen molar-refractivity contribution in [1.82, 2.24) is 9.21 Å². The average molecular weight is 404 g/mol. The number of likely N-dealkylation sites (N-methyl/N-ethyl adjacent to an activating group) is 1. The van der Waals surface area contributed by atoms with Gasteiger partial charge in [-0.3, -0.25) is 10.1 Å². The predicted molar refractivity (Wildman–Crippen MR) is 108 cm³/mol. The molecule has 28 heavy (non-hydrogen) atoms. The minimum atomic E-state index is -3.76. The lowest BCUT2D eigenvalue weighted by molar-refractivity contribution is -0.384. The van der Waals surface area contributed by atoms with Crippen molar-refractivity contribution in [3.05, 3.63) is 63.7 Å². The van der Waals surface area contributed by atoms with E-state index in [0.29, 0.717) is 38.4 Å². The molecule has 1 N–H and O–H groups in total. The molecule has 0 amide bonds. The fraction of sp³-hybridized carbons (Fsp3) is 0.368. The molecule has 2 aromatic rings. The number of benzene rings is 2. The van der Waals surface area contributed by atoms with E-state index in [1.165, 1.54) is 16.4 Å². The summed E-state index contributed by atoms with van der Waals surface area (Å²) in [4.78, 5) is 13.0. The van der Waals surface area contributed by atoms with Crippen LogP contribution in [-0.2, 0) is 16.6 Å². The van der Waals surface area contributed by atoms with E-state index in [-0.39, 0.29) is 10.6 Å². The van der Waals surface area contributed by atoms with Crippen LogP contribution in [0.5, 0.6) is 0 Å². The molecule has 0 spiro atoms. The highest BCUT2D eigenvalue weighted by atomic mass is 32.2. The summed E-state index contributed by atoms with van der Waals surface area (Å²) in [7, 11) is -1.82. The first-order chi connectivity index (χ1) is 13.3. The second-order valence-corrected chi connectivity index (χ2v) is 8.86. The number of nitro groups is 1. The monoisotopic (exact) mass is 404 g/mol. The zero-order valence-corrected chi connectivity index (χ0v) is 16.8. The lowest BCUT2D eigenvalue weighted by atomic mass is 10.1. The molecule has 1 aliphatic rings. The lowest BCUT2D eigenvalue weighted by Crippen LogP contribution is -2.47. The first-order valence-corrected chi connectivity index (χ1v) is 10.5. The Hall–Kier alpha value is -2.49. The number of rotatable bonds is 6. The van der Waals surface area contributed by atoms with Crippen LogP contribution in [0, 0.1) is 17.0 Å². The first kappa shape index (κ1) is 20.2. The Morgan fingerprint density at radius 1 is 1.11 bits per heavy atom. The number of sulfonamides is 1. The van der Waals surface area contributed by atoms with Crippen LogP contribution in [0.25, 0.3) is 0 Å². The summed E-state index contributed by atoms with van der Waals surface area (Å²) in [6, 6.07) is 11.8. The summed E-state index contributed by atoms with van der Waals surface area (Å²) in [6.07, 6.45) is 0. The third-order valence-electron chi connectivity index (χ3n) is 5.00. The van der Waals surface area contributed by atoms with Gasteiger partial charge in [0.05, 0.1) is 9.82 Å². The van der Waals surface area contributed by atoms with Gasteiger partial charge in [-0.1, -0.05) is 24.3 Å². The number of aryl methyl sites for hydroxylation is 1. The molecule has 1 aliphatic heterocycles. The highest BCUT2D eigenvalue weighted by Crippen LogP contribution is 2.30. The minimum absolute atomic E-state index is 0.0507. The van der Waals surface area contributed by atoms with Gasteiger partial charge in [-0.15, -0.1) is 0 Å². The van der Waals surface area contributed by atoms with Crippen LogP contribution in [0.1, 0.15) is 11.1 Å². The number of anilines is 1. The van der Waals surface area contributed by atoms with Gasteiger partial charge in [0.25, 0.3) is 5.69 Å². The molecule has 1 heterocycles. The van der Waals surface area contributed by atoms with Crippen molar-refractivity contribution in [2.24, 2.45) is 0 Å². The molecule has 0 saturated carbocycles. The van der Waals surface area contributed by atoms with Crippen molar-refractivity contribution in [3.63, 3.8) is 0 Å². The maximum absolute atomic E-state index is 12.9. The number of nitro benzene ring substituents is 1. The second-order valence-electron chi connectivity index (χ2n) is 6.92. The molecule has 9 heteroatoms. The Labute approximate surface area is 165 Å². The SMILES string of the molecule is Cc1ccccc1CNc1ccc(S(=O)(=O)N2CCN(C)CC2)cc1[N+](=O)[O-]. The number of hydrogen-bond donors (Lipinski definition) is 1. The molecule has 0 aromatic heterocycles. The van der Waals surface area contributed by atoms with Gasteiger partial charge in [0.1, 0.15) is 5.69 Å². The molecule has 3 rings (SSSR count). The quantitative estimate of drug-likeness (QED) is 0.587. The van der Waals surface area contributed by atoms with Gasteiger partial charge in [0, 0.05) is 38.8 Å². The van der Waals surface area contributed by atoms with E-state index in [0.717, 1.165) is 17.2 Å². The summed E-state index contributed by atoms with van der Waals surface area (Å²) in [5.74, 6) is 0. The van der Waals surface area contributed by atoms with Gasteiger partial charge < -0.3 is 10.2 Å². The van der Waals surface area contributed by atoms with Gasteiger partial charge in [-0.2, -0.15) is 4.31 Å². The van der Waals surface area contributed by atoms with Gasteiger partial charge >= 0.3 is 0 Å². The Bertz CT molecular complexity index is 970. The number of hydrogen-bond acceptors (Lipinski definition) is 6. The maximum atomic E-state index is 12.9. The molecule has 0 unspecified atom stereocenters. The molecule has 0 aliphatic carbocycles. The smallest absolute Gasteiger partial charge is 0.293 e. The van der Waals surface area contributed by atoms with Gasteiger partial charge in [0.2, 0.25) is 10.0 Å². The summed E-state index contributed by atoms with van der Waals surface area (Å²) < 4.78 is 27.1. The van der Waals surface area contributed by atoms with Gasteiger partial charge in [-0.05, 0) is 37.2 Å². The minimum Gasteiger partial charge on any atom is -0.375 e. The Kier molecular flexibility index (Phi) is 5.97. The fourth-order valence-corrected chi connectivity index (χ4v) is 4.59. The molecule has 0 radical (unpaired) electrons. The fourth-order valence-electron chi connectivity index (χ4n) is 3.15. The number of nitrogens with zero attached hydrogens (tertiary/aromatic N) is 3. The van der Waals surface area contributed by atoms with Crippen LogP contribution in [0.15, 0.2) is 47.4 Å². The summed E-state index contributed by atoms with van der Waals surface area (Å²) in [6.45, 7) is 4.41. The van der Waals surface area contributed by atoms with Crippen molar-refractivity contribution in [2.75, 3.05) is 38.5 Å². The molecule has 0 atom stereocenters. The average Bonchev–Trinajstić information content (AvgIpc) is 2.67. The molecule has 0 bridgehead atoms. The summed E-state index contributed by atoms with van der Waals surface area (Å²) >= 11 is 0. The van der Waals surface area contributed by atoms with Crippen molar-refractivity contribution in [1.29, 1.82) is 0 Å². The molecule has 8 nitrogen and oxygen atoms in total. The predicted octanol–water partition coefficient (Wildman–Crippen LogP) is 2.45. The number of nitrogens with one attached hydrogen (secondary N) is 1. The van der Waals surface area contributed by atoms with Crippen LogP contribution < -0.4 is 5.32 Å². The van der Waals surface area contributed by atoms with Crippen LogP contribution >= 0.6 is 0 Å². The molecular formula is C19H24N4O4S. The zero-order valence-electron chi connectivity index (χ0n) is 16.0. The highest BCUT2D eigenvalue weighted by Gasteiger charge is 2.29. The van der Waals surface area contributed by atoms with E-state index in [2.05, 4.69) is 5.32 Å². The standard InChI is InChI=1S/C19H24N4O4S/c1-15-5-3-4-6-16(15)14-20-18-8-7-17(13-19(18)23(24)25)28(26,27)22-11-9-21(2)10-12-22/h3-8,13,20H,9-12,14H2,1-2H3. The van der Waals surface area contributed by atoms with E-state index in [9.17, 15) is 18.5 Å². The largest absolute Gasteiger partial charge is 0.375 e. The van der Waals surface area contributed by atoms with E-state index >= 15 is 0 Å². The zero-order chi connectivity index (χ0) is 20.3. The molecule has 2 aromatic carbocycles. The second kappa shape index (κ2) is 8.26. The molecule has 1 saturated heterocycles. The Morgan fingerprint density at radius 3 is 2.43 bits per heavy atom. The topological polar surface area (TPSA) is 95.8 Å². The summed E-state index contributed by atoms with van der Waals surface area (Å²) in [5, 5.41) is 14.6. The van der Waals surface area contributed by atoms with Gasteiger partial charge in [-0.25, -0.2) is 8.42 Å².